The Morgan fingerprint density at radius 2 is 2.18 bits per heavy atom. The highest BCUT2D eigenvalue weighted by molar-refractivity contribution is 9.10. The van der Waals surface area contributed by atoms with Gasteiger partial charge in [0.25, 0.3) is 0 Å². The molecule has 0 bridgehead atoms. The molecule has 1 aromatic carbocycles. The van der Waals surface area contributed by atoms with Gasteiger partial charge in [-0.1, -0.05) is 22.0 Å². The minimum atomic E-state index is -0.00618. The van der Waals surface area contributed by atoms with E-state index in [4.69, 9.17) is 4.74 Å². The summed E-state index contributed by atoms with van der Waals surface area (Å²) in [7, 11) is 0. The largest absolute Gasteiger partial charge is 0.493 e. The predicted octanol–water partition coefficient (Wildman–Crippen LogP) is 3.62. The number of halogens is 1. The van der Waals surface area contributed by atoms with Crippen LogP contribution in [-0.4, -0.2) is 11.7 Å². The van der Waals surface area contributed by atoms with Gasteiger partial charge >= 0.3 is 0 Å². The van der Waals surface area contributed by atoms with Crippen LogP contribution in [0.4, 0.5) is 0 Å². The van der Waals surface area contributed by atoms with Gasteiger partial charge in [-0.3, -0.25) is 0 Å². The second kappa shape index (κ2) is 6.19. The van der Waals surface area contributed by atoms with Crippen molar-refractivity contribution in [1.29, 1.82) is 0 Å². The van der Waals surface area contributed by atoms with Gasteiger partial charge in [0.1, 0.15) is 5.75 Å². The summed E-state index contributed by atoms with van der Waals surface area (Å²) < 4.78 is 6.63. The normalized spacial score (nSPS) is 10.5. The van der Waals surface area contributed by atoms with Crippen LogP contribution in [0.15, 0.2) is 40.2 Å². The quantitative estimate of drug-likeness (QED) is 0.913. The van der Waals surface area contributed by atoms with E-state index in [0.717, 1.165) is 22.2 Å². The molecule has 17 heavy (non-hydrogen) atoms. The standard InChI is InChI=1S/C13H13BrO2S/c14-11-3-4-13(10(8-11)9-15)16-6-5-12-2-1-7-17-12/h1-4,7-8,15H,5-6,9H2. The number of aliphatic hydroxyl groups is 1. The maximum absolute atomic E-state index is 9.23. The van der Waals surface area contributed by atoms with Crippen molar-refractivity contribution in [2.75, 3.05) is 6.61 Å². The Balaban J connectivity index is 1.94. The molecule has 0 aliphatic rings. The first-order valence-corrected chi connectivity index (χ1v) is 7.01. The second-order valence-corrected chi connectivity index (χ2v) is 5.54. The molecule has 0 atom stereocenters. The molecule has 0 saturated carbocycles. The van der Waals surface area contributed by atoms with Crippen LogP contribution < -0.4 is 4.74 Å². The van der Waals surface area contributed by atoms with E-state index < -0.39 is 0 Å². The lowest BCUT2D eigenvalue weighted by molar-refractivity contribution is 0.264. The fraction of sp³-hybridized carbons (Fsp3) is 0.231. The van der Waals surface area contributed by atoms with E-state index in [-0.39, 0.29) is 6.61 Å². The molecule has 2 aromatic rings. The number of rotatable bonds is 5. The Labute approximate surface area is 113 Å². The van der Waals surface area contributed by atoms with Crippen LogP contribution in [0.25, 0.3) is 0 Å². The molecule has 0 aliphatic heterocycles. The molecule has 90 valence electrons. The highest BCUT2D eigenvalue weighted by Gasteiger charge is 2.03. The maximum Gasteiger partial charge on any atom is 0.124 e. The molecular weight excluding hydrogens is 300 g/mol. The number of hydrogen-bond donors (Lipinski definition) is 1. The number of hydrogen-bond acceptors (Lipinski definition) is 3. The number of ether oxygens (including phenoxy) is 1. The van der Waals surface area contributed by atoms with Crippen molar-refractivity contribution in [3.05, 3.63) is 50.6 Å². The van der Waals surface area contributed by atoms with Crippen molar-refractivity contribution >= 4 is 27.3 Å². The van der Waals surface area contributed by atoms with Crippen LogP contribution in [0.1, 0.15) is 10.4 Å². The molecule has 0 saturated heterocycles. The van der Waals surface area contributed by atoms with Gasteiger partial charge in [0.05, 0.1) is 13.2 Å². The van der Waals surface area contributed by atoms with Gasteiger partial charge in [0.2, 0.25) is 0 Å². The Morgan fingerprint density at radius 3 is 2.88 bits per heavy atom. The van der Waals surface area contributed by atoms with E-state index in [1.54, 1.807) is 11.3 Å². The lowest BCUT2D eigenvalue weighted by atomic mass is 10.2. The number of thiophene rings is 1. The molecule has 4 heteroatoms. The van der Waals surface area contributed by atoms with Crippen LogP contribution in [0.2, 0.25) is 0 Å². The molecule has 2 nitrogen and oxygen atoms in total. The van der Waals surface area contributed by atoms with Crippen LogP contribution in [-0.2, 0) is 13.0 Å². The summed E-state index contributed by atoms with van der Waals surface area (Å²) in [5.41, 5.74) is 0.811. The molecule has 0 radical (unpaired) electrons. The average molecular weight is 313 g/mol. The van der Waals surface area contributed by atoms with Gasteiger partial charge in [-0.2, -0.15) is 0 Å². The smallest absolute Gasteiger partial charge is 0.124 e. The summed E-state index contributed by atoms with van der Waals surface area (Å²) >= 11 is 5.11. The summed E-state index contributed by atoms with van der Waals surface area (Å²) in [5.74, 6) is 0.757. The highest BCUT2D eigenvalue weighted by Crippen LogP contribution is 2.23. The van der Waals surface area contributed by atoms with Crippen molar-refractivity contribution < 1.29 is 9.84 Å². The van der Waals surface area contributed by atoms with Gasteiger partial charge < -0.3 is 9.84 Å². The molecule has 1 N–H and O–H groups in total. The van der Waals surface area contributed by atoms with Gasteiger partial charge in [-0.15, -0.1) is 11.3 Å². The van der Waals surface area contributed by atoms with E-state index >= 15 is 0 Å². The van der Waals surface area contributed by atoms with E-state index in [9.17, 15) is 5.11 Å². The van der Waals surface area contributed by atoms with Gasteiger partial charge in [0, 0.05) is 21.3 Å². The van der Waals surface area contributed by atoms with Crippen LogP contribution in [0.5, 0.6) is 5.75 Å². The van der Waals surface area contributed by atoms with Crippen molar-refractivity contribution in [2.45, 2.75) is 13.0 Å². The molecular formula is C13H13BrO2S. The summed E-state index contributed by atoms with van der Waals surface area (Å²) in [6.07, 6.45) is 0.901. The summed E-state index contributed by atoms with van der Waals surface area (Å²) in [5, 5.41) is 11.3. The Kier molecular flexibility index (Phi) is 4.59. The first-order valence-electron chi connectivity index (χ1n) is 5.34. The van der Waals surface area contributed by atoms with E-state index in [1.807, 2.05) is 24.3 Å². The van der Waals surface area contributed by atoms with E-state index in [2.05, 4.69) is 27.4 Å². The molecule has 0 aliphatic carbocycles. The van der Waals surface area contributed by atoms with E-state index in [0.29, 0.717) is 6.61 Å². The molecule has 1 heterocycles. The van der Waals surface area contributed by atoms with Crippen molar-refractivity contribution in [2.24, 2.45) is 0 Å². The zero-order valence-corrected chi connectivity index (χ0v) is 11.6. The van der Waals surface area contributed by atoms with Crippen LogP contribution in [0.3, 0.4) is 0 Å². The van der Waals surface area contributed by atoms with Gasteiger partial charge in [0.15, 0.2) is 0 Å². The lowest BCUT2D eigenvalue weighted by Gasteiger charge is -2.09. The summed E-state index contributed by atoms with van der Waals surface area (Å²) in [4.78, 5) is 1.31. The van der Waals surface area contributed by atoms with Crippen LogP contribution in [0, 0.1) is 0 Å². The lowest BCUT2D eigenvalue weighted by Crippen LogP contribution is -2.02. The fourth-order valence-electron chi connectivity index (χ4n) is 1.53. The minimum absolute atomic E-state index is 0.00618. The number of benzene rings is 1. The van der Waals surface area contributed by atoms with Crippen molar-refractivity contribution in [3.8, 4) is 5.75 Å². The van der Waals surface area contributed by atoms with E-state index in [1.165, 1.54) is 4.88 Å². The van der Waals surface area contributed by atoms with Crippen molar-refractivity contribution in [3.63, 3.8) is 0 Å². The third-order valence-corrected chi connectivity index (χ3v) is 3.81. The zero-order chi connectivity index (χ0) is 12.1. The molecule has 0 unspecified atom stereocenters. The Morgan fingerprint density at radius 1 is 1.29 bits per heavy atom. The average Bonchev–Trinajstić information content (AvgIpc) is 2.84. The number of aliphatic hydroxyl groups excluding tert-OH is 1. The predicted molar refractivity (Wildman–Crippen MR) is 73.6 cm³/mol. The Bertz CT molecular complexity index is 468. The second-order valence-electron chi connectivity index (χ2n) is 3.59. The van der Waals surface area contributed by atoms with Crippen LogP contribution >= 0.6 is 27.3 Å². The molecule has 0 amide bonds. The van der Waals surface area contributed by atoms with Crippen molar-refractivity contribution in [1.82, 2.24) is 0 Å². The zero-order valence-electron chi connectivity index (χ0n) is 9.23. The molecule has 1 aromatic heterocycles. The molecule has 0 spiro atoms. The first kappa shape index (κ1) is 12.6. The van der Waals surface area contributed by atoms with Gasteiger partial charge in [-0.25, -0.2) is 0 Å². The SMILES string of the molecule is OCc1cc(Br)ccc1OCCc1cccs1. The highest BCUT2D eigenvalue weighted by atomic mass is 79.9. The molecule has 2 rings (SSSR count). The topological polar surface area (TPSA) is 29.5 Å². The fourth-order valence-corrected chi connectivity index (χ4v) is 2.63. The Hall–Kier alpha value is -0.840. The third-order valence-electron chi connectivity index (χ3n) is 2.38. The minimum Gasteiger partial charge on any atom is -0.493 e. The third kappa shape index (κ3) is 3.56. The summed E-state index contributed by atoms with van der Waals surface area (Å²) in [6, 6.07) is 9.81. The molecule has 0 fully saturated rings. The maximum atomic E-state index is 9.23. The first-order chi connectivity index (χ1) is 8.29. The van der Waals surface area contributed by atoms with Gasteiger partial charge in [-0.05, 0) is 29.6 Å². The summed E-state index contributed by atoms with van der Waals surface area (Å²) in [6.45, 7) is 0.628. The monoisotopic (exact) mass is 312 g/mol.